The Morgan fingerprint density at radius 3 is 2.85 bits per heavy atom. The molecule has 0 aromatic heterocycles. The van der Waals surface area contributed by atoms with E-state index in [1.54, 1.807) is 25.5 Å². The summed E-state index contributed by atoms with van der Waals surface area (Å²) in [4.78, 5) is 15.3. The minimum atomic E-state index is -0.313. The molecule has 1 aromatic rings. The van der Waals surface area contributed by atoms with E-state index in [0.717, 1.165) is 25.9 Å². The molecule has 1 aromatic carbocycles. The number of rotatable bonds is 4. The second-order valence-corrected chi connectivity index (χ2v) is 7.26. The van der Waals surface area contributed by atoms with Crippen LogP contribution in [0.3, 0.4) is 0 Å². The number of ether oxygens (including phenoxy) is 3. The number of allylic oxidation sites excluding steroid dienone is 1. The van der Waals surface area contributed by atoms with Crippen molar-refractivity contribution in [3.8, 4) is 0 Å². The van der Waals surface area contributed by atoms with E-state index in [2.05, 4.69) is 4.90 Å². The van der Waals surface area contributed by atoms with Gasteiger partial charge in [0.15, 0.2) is 5.78 Å². The Morgan fingerprint density at radius 2 is 2.08 bits per heavy atom. The minimum absolute atomic E-state index is 0.0975. The molecule has 4 rings (SSSR count). The number of hydrogen-bond acceptors (Lipinski definition) is 5. The first kappa shape index (κ1) is 17.6. The van der Waals surface area contributed by atoms with Crippen molar-refractivity contribution in [2.75, 3.05) is 33.5 Å². The number of carbonyl (C=O) groups excluding carboxylic acids is 1. The van der Waals surface area contributed by atoms with Gasteiger partial charge in [-0.2, -0.15) is 0 Å². The second-order valence-electron chi connectivity index (χ2n) is 7.26. The Labute approximate surface area is 152 Å². The van der Waals surface area contributed by atoms with Crippen molar-refractivity contribution >= 4 is 11.4 Å². The summed E-state index contributed by atoms with van der Waals surface area (Å²) in [6.07, 6.45) is 3.18. The van der Waals surface area contributed by atoms with Gasteiger partial charge in [-0.1, -0.05) is 12.1 Å². The maximum Gasteiger partial charge on any atom is 0.173 e. The number of benzene rings is 1. The third kappa shape index (κ3) is 3.29. The van der Waals surface area contributed by atoms with Crippen molar-refractivity contribution in [3.63, 3.8) is 0 Å². The minimum Gasteiger partial charge on any atom is -0.496 e. The zero-order valence-electron chi connectivity index (χ0n) is 14.9. The highest BCUT2D eigenvalue weighted by atomic mass is 19.1. The zero-order valence-corrected chi connectivity index (χ0v) is 14.9. The molecule has 140 valence electrons. The van der Waals surface area contributed by atoms with Crippen molar-refractivity contribution in [2.24, 2.45) is 11.8 Å². The fourth-order valence-electron chi connectivity index (χ4n) is 4.31. The SMILES string of the molecule is COCCN1COC2CCC3C(=O)C(c4ccc(F)cc4)=COC3C2C1. The first-order valence-electron chi connectivity index (χ1n) is 9.16. The number of methoxy groups -OCH3 is 1. The smallest absolute Gasteiger partial charge is 0.173 e. The molecule has 4 atom stereocenters. The molecular weight excluding hydrogens is 337 g/mol. The fraction of sp³-hybridized carbons (Fsp3) is 0.550. The van der Waals surface area contributed by atoms with Crippen molar-refractivity contribution in [3.05, 3.63) is 41.9 Å². The topological polar surface area (TPSA) is 48.0 Å². The van der Waals surface area contributed by atoms with Gasteiger partial charge in [0.2, 0.25) is 0 Å². The summed E-state index contributed by atoms with van der Waals surface area (Å²) in [7, 11) is 1.69. The number of fused-ring (bicyclic) bond motifs is 3. The van der Waals surface area contributed by atoms with Gasteiger partial charge in [0.25, 0.3) is 0 Å². The summed E-state index contributed by atoms with van der Waals surface area (Å²) in [5, 5.41) is 0. The van der Waals surface area contributed by atoms with Crippen LogP contribution in [0.15, 0.2) is 30.5 Å². The summed E-state index contributed by atoms with van der Waals surface area (Å²) in [5.41, 5.74) is 1.25. The Balaban J connectivity index is 1.52. The van der Waals surface area contributed by atoms with E-state index < -0.39 is 0 Å². The van der Waals surface area contributed by atoms with E-state index in [1.807, 2.05) is 0 Å². The van der Waals surface area contributed by atoms with Crippen LogP contribution in [0.25, 0.3) is 5.57 Å². The molecule has 2 aliphatic heterocycles. The van der Waals surface area contributed by atoms with Crippen LogP contribution in [0.4, 0.5) is 4.39 Å². The lowest BCUT2D eigenvalue weighted by atomic mass is 9.71. The number of ketones is 1. The average Bonchev–Trinajstić information content (AvgIpc) is 2.67. The van der Waals surface area contributed by atoms with Gasteiger partial charge < -0.3 is 14.2 Å². The lowest BCUT2D eigenvalue weighted by Crippen LogP contribution is -2.56. The summed E-state index contributed by atoms with van der Waals surface area (Å²) in [6.45, 7) is 2.92. The van der Waals surface area contributed by atoms with Gasteiger partial charge >= 0.3 is 0 Å². The van der Waals surface area contributed by atoms with Gasteiger partial charge in [0, 0.05) is 26.1 Å². The third-order valence-electron chi connectivity index (χ3n) is 5.71. The number of halogens is 1. The van der Waals surface area contributed by atoms with Crippen LogP contribution in [0.1, 0.15) is 18.4 Å². The maximum absolute atomic E-state index is 13.2. The van der Waals surface area contributed by atoms with Gasteiger partial charge in [0.05, 0.1) is 37.2 Å². The molecule has 0 N–H and O–H groups in total. The van der Waals surface area contributed by atoms with Crippen molar-refractivity contribution in [2.45, 2.75) is 25.0 Å². The van der Waals surface area contributed by atoms with Crippen LogP contribution in [-0.4, -0.2) is 56.4 Å². The van der Waals surface area contributed by atoms with E-state index >= 15 is 0 Å². The predicted octanol–water partition coefficient (Wildman–Crippen LogP) is 2.47. The lowest BCUT2D eigenvalue weighted by Gasteiger charge is -2.48. The molecule has 1 saturated carbocycles. The quantitative estimate of drug-likeness (QED) is 0.825. The van der Waals surface area contributed by atoms with Gasteiger partial charge in [0.1, 0.15) is 11.9 Å². The van der Waals surface area contributed by atoms with Crippen LogP contribution < -0.4 is 0 Å². The van der Waals surface area contributed by atoms with Gasteiger partial charge in [-0.15, -0.1) is 0 Å². The molecule has 0 bridgehead atoms. The molecule has 3 aliphatic rings. The van der Waals surface area contributed by atoms with E-state index in [-0.39, 0.29) is 35.6 Å². The second kappa shape index (κ2) is 7.47. The van der Waals surface area contributed by atoms with Crippen molar-refractivity contribution < 1.29 is 23.4 Å². The summed E-state index contributed by atoms with van der Waals surface area (Å²) in [5.74, 6) is -0.200. The Kier molecular flexibility index (Phi) is 5.07. The molecule has 6 heteroatoms. The first-order chi connectivity index (χ1) is 12.7. The fourth-order valence-corrected chi connectivity index (χ4v) is 4.31. The van der Waals surface area contributed by atoms with Crippen LogP contribution in [0, 0.1) is 17.7 Å². The van der Waals surface area contributed by atoms with Crippen LogP contribution in [0.2, 0.25) is 0 Å². The monoisotopic (exact) mass is 361 g/mol. The van der Waals surface area contributed by atoms with Gasteiger partial charge in [-0.25, -0.2) is 4.39 Å². The molecule has 4 unspecified atom stereocenters. The molecule has 26 heavy (non-hydrogen) atoms. The molecule has 5 nitrogen and oxygen atoms in total. The molecule has 1 saturated heterocycles. The maximum atomic E-state index is 13.2. The first-order valence-corrected chi connectivity index (χ1v) is 9.16. The van der Waals surface area contributed by atoms with E-state index in [1.165, 1.54) is 12.1 Å². The Morgan fingerprint density at radius 1 is 1.27 bits per heavy atom. The molecular formula is C20H24FNO4. The predicted molar refractivity (Wildman–Crippen MR) is 93.7 cm³/mol. The van der Waals surface area contributed by atoms with Gasteiger partial charge in [-0.05, 0) is 30.5 Å². The summed E-state index contributed by atoms with van der Waals surface area (Å²) >= 11 is 0. The standard InChI is InChI=1S/C20H24FNO4/c1-24-9-8-22-10-16-18(26-12-22)7-6-15-19(23)17(11-25-20(15)16)13-2-4-14(21)5-3-13/h2-5,11,15-16,18,20H,6-10,12H2,1H3. The summed E-state index contributed by atoms with van der Waals surface area (Å²) in [6, 6.07) is 6.00. The number of carbonyl (C=O) groups is 1. The normalized spacial score (nSPS) is 31.6. The number of hydrogen-bond donors (Lipinski definition) is 0. The van der Waals surface area contributed by atoms with Crippen molar-refractivity contribution in [1.29, 1.82) is 0 Å². The largest absolute Gasteiger partial charge is 0.496 e. The number of Topliss-reactive ketones (excluding diaryl/α,β-unsaturated/α-hetero) is 1. The Hall–Kier alpha value is -1.76. The van der Waals surface area contributed by atoms with Crippen molar-refractivity contribution in [1.82, 2.24) is 4.90 Å². The molecule has 2 fully saturated rings. The number of nitrogens with zero attached hydrogens (tertiary/aromatic N) is 1. The highest BCUT2D eigenvalue weighted by molar-refractivity contribution is 6.22. The molecule has 1 aliphatic carbocycles. The summed E-state index contributed by atoms with van der Waals surface area (Å²) < 4.78 is 30.4. The Bertz CT molecular complexity index is 690. The van der Waals surface area contributed by atoms with Gasteiger partial charge in [-0.3, -0.25) is 9.69 Å². The van der Waals surface area contributed by atoms with E-state index in [0.29, 0.717) is 24.5 Å². The molecule has 0 radical (unpaired) electrons. The molecule has 0 amide bonds. The highest BCUT2D eigenvalue weighted by Crippen LogP contribution is 2.41. The zero-order chi connectivity index (χ0) is 18.1. The lowest BCUT2D eigenvalue weighted by molar-refractivity contribution is -0.171. The van der Waals surface area contributed by atoms with E-state index in [4.69, 9.17) is 14.2 Å². The van der Waals surface area contributed by atoms with Crippen LogP contribution in [0.5, 0.6) is 0 Å². The third-order valence-corrected chi connectivity index (χ3v) is 5.71. The highest BCUT2D eigenvalue weighted by Gasteiger charge is 2.48. The average molecular weight is 361 g/mol. The van der Waals surface area contributed by atoms with Crippen LogP contribution >= 0.6 is 0 Å². The van der Waals surface area contributed by atoms with E-state index in [9.17, 15) is 9.18 Å². The molecule has 0 spiro atoms. The molecule has 2 heterocycles. The van der Waals surface area contributed by atoms with Crippen LogP contribution in [-0.2, 0) is 19.0 Å².